The van der Waals surface area contributed by atoms with Crippen LogP contribution >= 0.6 is 0 Å². The molecule has 1 fully saturated rings. The summed E-state index contributed by atoms with van der Waals surface area (Å²) in [6.07, 6.45) is 1.95. The number of nitrogens with one attached hydrogen (secondary N) is 3. The molecule has 37 heavy (non-hydrogen) atoms. The molecular weight excluding hydrogens is 468 g/mol. The van der Waals surface area contributed by atoms with Gasteiger partial charge in [-0.3, -0.25) is 14.5 Å². The number of fused-ring (bicyclic) bond motifs is 1. The van der Waals surface area contributed by atoms with Crippen LogP contribution in [0.1, 0.15) is 29.5 Å². The molecule has 4 aromatic rings. The highest BCUT2D eigenvalue weighted by molar-refractivity contribution is 6.09. The van der Waals surface area contributed by atoms with Gasteiger partial charge in [0.1, 0.15) is 17.8 Å². The van der Waals surface area contributed by atoms with Crippen LogP contribution in [0.4, 0.5) is 4.79 Å². The molecule has 188 valence electrons. The van der Waals surface area contributed by atoms with Crippen LogP contribution in [0.5, 0.6) is 5.75 Å². The largest absolute Gasteiger partial charge is 0.497 e. The van der Waals surface area contributed by atoms with Crippen LogP contribution < -0.4 is 15.4 Å². The van der Waals surface area contributed by atoms with Gasteiger partial charge in [-0.25, -0.2) is 4.79 Å². The Balaban J connectivity index is 1.34. The molecule has 8 heteroatoms. The van der Waals surface area contributed by atoms with Gasteiger partial charge in [-0.15, -0.1) is 0 Å². The maximum Gasteiger partial charge on any atom is 0.325 e. The van der Waals surface area contributed by atoms with Crippen molar-refractivity contribution >= 4 is 28.7 Å². The monoisotopic (exact) mass is 496 g/mol. The zero-order valence-corrected chi connectivity index (χ0v) is 20.7. The Morgan fingerprint density at radius 1 is 1.00 bits per heavy atom. The van der Waals surface area contributed by atoms with E-state index in [1.807, 2.05) is 60.8 Å². The van der Waals surface area contributed by atoms with Crippen LogP contribution in [-0.4, -0.2) is 47.9 Å². The van der Waals surface area contributed by atoms with Crippen molar-refractivity contribution in [2.75, 3.05) is 20.2 Å². The standard InChI is InChI=1S/C29H28N4O4/c1-29(20-8-4-3-5-9-20)27(35)33(28(36)32-29)18-26(34)31-16-23(19-12-14-21(37-2)15-13-19)24-17-30-25-11-7-6-10-22(24)25/h3-15,17,23,30H,16,18H2,1-2H3,(H,31,34)(H,32,36)/t23-,29-/m1/s1. The Morgan fingerprint density at radius 2 is 1.70 bits per heavy atom. The van der Waals surface area contributed by atoms with Gasteiger partial charge < -0.3 is 20.4 Å². The minimum absolute atomic E-state index is 0.163. The summed E-state index contributed by atoms with van der Waals surface area (Å²) in [7, 11) is 1.62. The summed E-state index contributed by atoms with van der Waals surface area (Å²) < 4.78 is 5.30. The SMILES string of the molecule is COc1ccc([C@@H](CNC(=O)CN2C(=O)N[C@](C)(c3ccccc3)C2=O)c2c[nH]c3ccccc23)cc1. The average molecular weight is 497 g/mol. The maximum atomic E-state index is 13.2. The Kier molecular flexibility index (Phi) is 6.40. The topological polar surface area (TPSA) is 104 Å². The fraction of sp³-hybridized carbons (Fsp3) is 0.207. The van der Waals surface area contributed by atoms with Crippen LogP contribution in [0, 0.1) is 0 Å². The Labute approximate surface area is 214 Å². The number of hydrogen-bond donors (Lipinski definition) is 3. The van der Waals surface area contributed by atoms with Crippen LogP contribution in [0.3, 0.4) is 0 Å². The van der Waals surface area contributed by atoms with E-state index in [0.29, 0.717) is 5.56 Å². The third-order valence-electron chi connectivity index (χ3n) is 6.95. The zero-order valence-electron chi connectivity index (χ0n) is 20.7. The fourth-order valence-corrected chi connectivity index (χ4v) is 4.85. The number of ether oxygens (including phenoxy) is 1. The lowest BCUT2D eigenvalue weighted by Crippen LogP contribution is -2.43. The van der Waals surface area contributed by atoms with E-state index in [1.165, 1.54) is 0 Å². The molecule has 1 aliphatic heterocycles. The summed E-state index contributed by atoms with van der Waals surface area (Å²) >= 11 is 0. The second-order valence-corrected chi connectivity index (χ2v) is 9.23. The van der Waals surface area contributed by atoms with Gasteiger partial charge in [0.05, 0.1) is 7.11 Å². The zero-order chi connectivity index (χ0) is 26.0. The lowest BCUT2D eigenvalue weighted by Gasteiger charge is -2.22. The van der Waals surface area contributed by atoms with Crippen molar-refractivity contribution < 1.29 is 19.1 Å². The molecule has 3 N–H and O–H groups in total. The van der Waals surface area contributed by atoms with Crippen molar-refractivity contribution in [3.8, 4) is 5.75 Å². The second-order valence-electron chi connectivity index (χ2n) is 9.23. The van der Waals surface area contributed by atoms with Crippen molar-refractivity contribution in [1.29, 1.82) is 0 Å². The van der Waals surface area contributed by atoms with Crippen LogP contribution in [-0.2, 0) is 15.1 Å². The Bertz CT molecular complexity index is 1450. The highest BCUT2D eigenvalue weighted by Crippen LogP contribution is 2.32. The second kappa shape index (κ2) is 9.81. The van der Waals surface area contributed by atoms with Gasteiger partial charge in [0.2, 0.25) is 5.91 Å². The summed E-state index contributed by atoms with van der Waals surface area (Å²) in [5.41, 5.74) is 2.48. The number of urea groups is 1. The van der Waals surface area contributed by atoms with E-state index >= 15 is 0 Å². The number of amides is 4. The molecule has 4 amide bonds. The molecule has 0 aliphatic carbocycles. The van der Waals surface area contributed by atoms with Crippen LogP contribution in [0.25, 0.3) is 10.9 Å². The molecule has 2 atom stereocenters. The molecule has 0 bridgehead atoms. The molecule has 0 unspecified atom stereocenters. The van der Waals surface area contributed by atoms with Gasteiger partial charge in [0.15, 0.2) is 0 Å². The number of methoxy groups -OCH3 is 1. The fourth-order valence-electron chi connectivity index (χ4n) is 4.85. The molecule has 3 aromatic carbocycles. The molecule has 2 heterocycles. The predicted octanol–water partition coefficient (Wildman–Crippen LogP) is 3.89. The highest BCUT2D eigenvalue weighted by Gasteiger charge is 2.49. The first kappa shape index (κ1) is 24.1. The number of carbonyl (C=O) groups is 3. The van der Waals surface area contributed by atoms with Gasteiger partial charge in [-0.05, 0) is 41.8 Å². The minimum atomic E-state index is -1.21. The normalized spacial score (nSPS) is 18.1. The van der Waals surface area contributed by atoms with E-state index in [1.54, 1.807) is 38.3 Å². The number of hydrogen-bond acceptors (Lipinski definition) is 4. The number of para-hydroxylation sites is 1. The number of aromatic amines is 1. The number of nitrogens with zero attached hydrogens (tertiary/aromatic N) is 1. The first-order chi connectivity index (χ1) is 17.9. The third-order valence-corrected chi connectivity index (χ3v) is 6.95. The predicted molar refractivity (Wildman–Crippen MR) is 140 cm³/mol. The van der Waals surface area contributed by atoms with Crippen molar-refractivity contribution in [1.82, 2.24) is 20.5 Å². The third kappa shape index (κ3) is 4.53. The number of aromatic nitrogens is 1. The van der Waals surface area contributed by atoms with E-state index in [2.05, 4.69) is 15.6 Å². The van der Waals surface area contributed by atoms with E-state index < -0.39 is 23.4 Å². The number of rotatable bonds is 8. The average Bonchev–Trinajstić information content (AvgIpc) is 3.44. The highest BCUT2D eigenvalue weighted by atomic mass is 16.5. The molecular formula is C29H28N4O4. The Hall–Kier alpha value is -4.59. The molecule has 0 radical (unpaired) electrons. The number of benzene rings is 3. The van der Waals surface area contributed by atoms with Crippen LogP contribution in [0.15, 0.2) is 85.1 Å². The quantitative estimate of drug-likeness (QED) is 0.322. The van der Waals surface area contributed by atoms with Gasteiger partial charge in [-0.2, -0.15) is 0 Å². The van der Waals surface area contributed by atoms with Gasteiger partial charge in [-0.1, -0.05) is 60.7 Å². The molecule has 8 nitrogen and oxygen atoms in total. The number of imide groups is 1. The van der Waals surface area contributed by atoms with Crippen molar-refractivity contribution in [2.24, 2.45) is 0 Å². The van der Waals surface area contributed by atoms with Gasteiger partial charge >= 0.3 is 6.03 Å². The van der Waals surface area contributed by atoms with E-state index in [4.69, 9.17) is 4.74 Å². The van der Waals surface area contributed by atoms with E-state index in [0.717, 1.165) is 32.7 Å². The molecule has 1 aromatic heterocycles. The molecule has 0 saturated carbocycles. The summed E-state index contributed by atoms with van der Waals surface area (Å²) in [5, 5.41) is 6.74. The minimum Gasteiger partial charge on any atom is -0.497 e. The van der Waals surface area contributed by atoms with Gasteiger partial charge in [0.25, 0.3) is 5.91 Å². The summed E-state index contributed by atoms with van der Waals surface area (Å²) in [6, 6.07) is 24.1. The lowest BCUT2D eigenvalue weighted by molar-refractivity contribution is -0.134. The van der Waals surface area contributed by atoms with Crippen LogP contribution in [0.2, 0.25) is 0 Å². The van der Waals surface area contributed by atoms with E-state index in [9.17, 15) is 14.4 Å². The lowest BCUT2D eigenvalue weighted by atomic mass is 9.90. The molecule has 1 saturated heterocycles. The molecule has 0 spiro atoms. The Morgan fingerprint density at radius 3 is 2.43 bits per heavy atom. The summed E-state index contributed by atoms with van der Waals surface area (Å²) in [5.74, 6) is -0.296. The first-order valence-electron chi connectivity index (χ1n) is 12.1. The molecule has 5 rings (SSSR count). The van der Waals surface area contributed by atoms with Crippen molar-refractivity contribution in [3.05, 3.63) is 102 Å². The number of H-pyrrole nitrogens is 1. The smallest absolute Gasteiger partial charge is 0.325 e. The van der Waals surface area contributed by atoms with Crippen molar-refractivity contribution in [3.63, 3.8) is 0 Å². The van der Waals surface area contributed by atoms with Crippen molar-refractivity contribution in [2.45, 2.75) is 18.4 Å². The summed E-state index contributed by atoms with van der Waals surface area (Å²) in [6.45, 7) is 1.57. The molecule has 1 aliphatic rings. The summed E-state index contributed by atoms with van der Waals surface area (Å²) in [4.78, 5) is 43.1. The van der Waals surface area contributed by atoms with E-state index in [-0.39, 0.29) is 19.0 Å². The maximum absolute atomic E-state index is 13.2. The van der Waals surface area contributed by atoms with Gasteiger partial charge in [0, 0.05) is 29.6 Å². The first-order valence-corrected chi connectivity index (χ1v) is 12.1. The number of carbonyl (C=O) groups excluding carboxylic acids is 3.